The highest BCUT2D eigenvalue weighted by atomic mass is 32.2. The number of nitrogens with two attached hydrogens (primary N) is 1. The summed E-state index contributed by atoms with van der Waals surface area (Å²) in [4.78, 5) is 12.2. The van der Waals surface area contributed by atoms with E-state index in [-0.39, 0.29) is 22.6 Å². The second-order valence-corrected chi connectivity index (χ2v) is 6.56. The molecule has 1 aromatic carbocycles. The summed E-state index contributed by atoms with van der Waals surface area (Å²) in [5.41, 5.74) is 1.29. The molecule has 3 N–H and O–H groups in total. The van der Waals surface area contributed by atoms with E-state index >= 15 is 0 Å². The van der Waals surface area contributed by atoms with Gasteiger partial charge in [0.1, 0.15) is 0 Å². The van der Waals surface area contributed by atoms with Gasteiger partial charge in [0.05, 0.1) is 5.54 Å². The van der Waals surface area contributed by atoms with Crippen LogP contribution in [-0.2, 0) is 0 Å². The lowest BCUT2D eigenvalue weighted by Gasteiger charge is -2.29. The van der Waals surface area contributed by atoms with Gasteiger partial charge in [0.25, 0.3) is 5.91 Å². The van der Waals surface area contributed by atoms with Crippen LogP contribution in [0.3, 0.4) is 0 Å². The topological polar surface area (TPSA) is 55.1 Å². The summed E-state index contributed by atoms with van der Waals surface area (Å²) in [6, 6.07) is 5.38. The molecule has 2 rings (SSSR count). The van der Waals surface area contributed by atoms with E-state index < -0.39 is 11.0 Å². The Labute approximate surface area is 125 Å². The molecule has 0 radical (unpaired) electrons. The van der Waals surface area contributed by atoms with Crippen LogP contribution in [0.5, 0.6) is 0 Å². The molecule has 1 aliphatic carbocycles. The standard InChI is InChI=1S/C14H17F3N2OS/c1-13(8-18,10-4-5-10)19-12(20)9-2-6-11(7-3-9)21-14(15,16)17/h2-3,6-7,10H,4-5,8,18H2,1H3,(H,19,20). The van der Waals surface area contributed by atoms with Gasteiger partial charge < -0.3 is 11.1 Å². The van der Waals surface area contributed by atoms with Crippen molar-refractivity contribution in [3.63, 3.8) is 0 Å². The molecule has 1 fully saturated rings. The Hall–Kier alpha value is -1.21. The normalized spacial score (nSPS) is 18.1. The lowest BCUT2D eigenvalue weighted by Crippen LogP contribution is -2.53. The van der Waals surface area contributed by atoms with Crippen molar-refractivity contribution < 1.29 is 18.0 Å². The smallest absolute Gasteiger partial charge is 0.345 e. The SMILES string of the molecule is CC(CN)(NC(=O)c1ccc(SC(F)(F)F)cc1)C1CC1. The lowest BCUT2D eigenvalue weighted by atomic mass is 9.95. The minimum atomic E-state index is -4.33. The summed E-state index contributed by atoms with van der Waals surface area (Å²) in [6.07, 6.45) is 2.07. The van der Waals surface area contributed by atoms with Crippen molar-refractivity contribution in [2.24, 2.45) is 11.7 Å². The average molecular weight is 318 g/mol. The first-order valence-corrected chi connectivity index (χ1v) is 7.43. The highest BCUT2D eigenvalue weighted by molar-refractivity contribution is 8.00. The second kappa shape index (κ2) is 5.88. The Morgan fingerprint density at radius 3 is 2.33 bits per heavy atom. The third kappa shape index (κ3) is 4.38. The molecule has 116 valence electrons. The van der Waals surface area contributed by atoms with Crippen molar-refractivity contribution in [3.8, 4) is 0 Å². The molecule has 21 heavy (non-hydrogen) atoms. The summed E-state index contributed by atoms with van der Waals surface area (Å²) < 4.78 is 36.7. The molecule has 7 heteroatoms. The molecule has 1 aliphatic rings. The highest BCUT2D eigenvalue weighted by Crippen LogP contribution is 2.39. The van der Waals surface area contributed by atoms with Gasteiger partial charge in [0.2, 0.25) is 0 Å². The zero-order valence-electron chi connectivity index (χ0n) is 11.5. The highest BCUT2D eigenvalue weighted by Gasteiger charge is 2.41. The van der Waals surface area contributed by atoms with Gasteiger partial charge in [-0.3, -0.25) is 4.79 Å². The van der Waals surface area contributed by atoms with Crippen LogP contribution >= 0.6 is 11.8 Å². The quantitative estimate of drug-likeness (QED) is 0.820. The Morgan fingerprint density at radius 2 is 1.90 bits per heavy atom. The van der Waals surface area contributed by atoms with E-state index in [2.05, 4.69) is 5.32 Å². The van der Waals surface area contributed by atoms with Crippen LogP contribution < -0.4 is 11.1 Å². The molecule has 1 atom stereocenters. The number of thioether (sulfide) groups is 1. The zero-order chi connectivity index (χ0) is 15.7. The van der Waals surface area contributed by atoms with E-state index in [0.717, 1.165) is 12.8 Å². The van der Waals surface area contributed by atoms with Crippen LogP contribution in [0, 0.1) is 5.92 Å². The molecule has 1 saturated carbocycles. The summed E-state index contributed by atoms with van der Waals surface area (Å²) in [5.74, 6) is 0.0740. The monoisotopic (exact) mass is 318 g/mol. The van der Waals surface area contributed by atoms with Crippen LogP contribution in [0.1, 0.15) is 30.1 Å². The maximum atomic E-state index is 12.2. The number of halogens is 3. The Morgan fingerprint density at radius 1 is 1.33 bits per heavy atom. The van der Waals surface area contributed by atoms with Crippen molar-refractivity contribution in [2.75, 3.05) is 6.54 Å². The number of carbonyl (C=O) groups is 1. The molecule has 3 nitrogen and oxygen atoms in total. The van der Waals surface area contributed by atoms with E-state index in [1.807, 2.05) is 6.92 Å². The van der Waals surface area contributed by atoms with Gasteiger partial charge in [-0.1, -0.05) is 0 Å². The third-order valence-corrected chi connectivity index (χ3v) is 4.39. The maximum Gasteiger partial charge on any atom is 0.446 e. The number of benzene rings is 1. The van der Waals surface area contributed by atoms with Crippen molar-refractivity contribution in [3.05, 3.63) is 29.8 Å². The molecule has 0 saturated heterocycles. The fraction of sp³-hybridized carbons (Fsp3) is 0.500. The molecule has 1 amide bonds. The summed E-state index contributed by atoms with van der Waals surface area (Å²) in [5, 5.41) is 2.90. The number of hydrogen-bond donors (Lipinski definition) is 2. The number of nitrogens with one attached hydrogen (secondary N) is 1. The minimum absolute atomic E-state index is 0.0582. The fourth-order valence-corrected chi connectivity index (χ4v) is 2.72. The Bertz CT molecular complexity index is 514. The van der Waals surface area contributed by atoms with Gasteiger partial charge in [0.15, 0.2) is 0 Å². The third-order valence-electron chi connectivity index (χ3n) is 3.65. The van der Waals surface area contributed by atoms with E-state index in [4.69, 9.17) is 5.73 Å². The first kappa shape index (κ1) is 16.2. The van der Waals surface area contributed by atoms with Crippen molar-refractivity contribution >= 4 is 17.7 Å². The summed E-state index contributed by atoms with van der Waals surface area (Å²) in [6.45, 7) is 2.24. The molecule has 0 bridgehead atoms. The van der Waals surface area contributed by atoms with Gasteiger partial charge in [0, 0.05) is 17.0 Å². The average Bonchev–Trinajstić information content (AvgIpc) is 3.22. The minimum Gasteiger partial charge on any atom is -0.345 e. The predicted molar refractivity (Wildman–Crippen MR) is 76.0 cm³/mol. The van der Waals surface area contributed by atoms with Crippen LogP contribution in [0.4, 0.5) is 13.2 Å². The molecular formula is C14H17F3N2OS. The van der Waals surface area contributed by atoms with Crippen molar-refractivity contribution in [1.29, 1.82) is 0 Å². The molecule has 1 aromatic rings. The summed E-state index contributed by atoms with van der Waals surface area (Å²) >= 11 is -0.198. The molecule has 0 aromatic heterocycles. The largest absolute Gasteiger partial charge is 0.446 e. The van der Waals surface area contributed by atoms with Crippen LogP contribution in [0.25, 0.3) is 0 Å². The molecule has 0 aliphatic heterocycles. The molecule has 0 heterocycles. The van der Waals surface area contributed by atoms with E-state index in [1.165, 1.54) is 24.3 Å². The van der Waals surface area contributed by atoms with Crippen molar-refractivity contribution in [1.82, 2.24) is 5.32 Å². The lowest BCUT2D eigenvalue weighted by molar-refractivity contribution is -0.0328. The summed E-state index contributed by atoms with van der Waals surface area (Å²) in [7, 11) is 0. The van der Waals surface area contributed by atoms with Gasteiger partial charge in [-0.25, -0.2) is 0 Å². The van der Waals surface area contributed by atoms with Crippen molar-refractivity contribution in [2.45, 2.75) is 35.7 Å². The number of hydrogen-bond acceptors (Lipinski definition) is 3. The molecule has 0 spiro atoms. The first-order chi connectivity index (χ1) is 9.73. The van der Waals surface area contributed by atoms with Crippen LogP contribution in [0.15, 0.2) is 29.2 Å². The number of alkyl halides is 3. The first-order valence-electron chi connectivity index (χ1n) is 6.62. The molecular weight excluding hydrogens is 301 g/mol. The van der Waals surface area contributed by atoms with Crippen LogP contribution in [-0.4, -0.2) is 23.5 Å². The van der Waals surface area contributed by atoms with E-state index in [9.17, 15) is 18.0 Å². The van der Waals surface area contributed by atoms with Crippen LogP contribution in [0.2, 0.25) is 0 Å². The maximum absolute atomic E-state index is 12.2. The number of rotatable bonds is 5. The molecule has 1 unspecified atom stereocenters. The van der Waals surface area contributed by atoms with E-state index in [1.54, 1.807) is 0 Å². The van der Waals surface area contributed by atoms with Gasteiger partial charge >= 0.3 is 5.51 Å². The van der Waals surface area contributed by atoms with Gasteiger partial charge in [-0.15, -0.1) is 0 Å². The zero-order valence-corrected chi connectivity index (χ0v) is 12.4. The Balaban J connectivity index is 2.03. The fourth-order valence-electron chi connectivity index (χ4n) is 2.18. The van der Waals surface area contributed by atoms with E-state index in [0.29, 0.717) is 18.0 Å². The van der Waals surface area contributed by atoms with Gasteiger partial charge in [-0.2, -0.15) is 13.2 Å². The number of carbonyl (C=O) groups excluding carboxylic acids is 1. The van der Waals surface area contributed by atoms with Gasteiger partial charge in [-0.05, 0) is 61.7 Å². The second-order valence-electron chi connectivity index (χ2n) is 5.42. The number of amides is 1. The Kier molecular flexibility index (Phi) is 4.53. The predicted octanol–water partition coefficient (Wildman–Crippen LogP) is 3.16.